The molecule has 0 atom stereocenters. The summed E-state index contributed by atoms with van der Waals surface area (Å²) in [6.07, 6.45) is 5.01. The Bertz CT molecular complexity index is 1010. The number of hydrogen-bond donors (Lipinski definition) is 3. The predicted octanol–water partition coefficient (Wildman–Crippen LogP) is 6.06. The van der Waals surface area contributed by atoms with E-state index in [0.717, 1.165) is 11.3 Å². The molecule has 0 saturated heterocycles. The van der Waals surface area contributed by atoms with Gasteiger partial charge in [-0.25, -0.2) is 0 Å². The molecule has 32 heavy (non-hydrogen) atoms. The van der Waals surface area contributed by atoms with Gasteiger partial charge in [-0.1, -0.05) is 51.6 Å². The molecular weight excluding hydrogens is 416 g/mol. The highest BCUT2D eigenvalue weighted by Crippen LogP contribution is 2.23. The van der Waals surface area contributed by atoms with Gasteiger partial charge >= 0.3 is 0 Å². The van der Waals surface area contributed by atoms with Crippen molar-refractivity contribution in [3.05, 3.63) is 103 Å². The number of carbonyl (C=O) groups is 1. The molecule has 3 rings (SSSR count). The maximum absolute atomic E-state index is 12.5. The molecule has 0 aliphatic carbocycles. The minimum Gasteiger partial charge on any atom is -0.340 e. The lowest BCUT2D eigenvalue weighted by Crippen LogP contribution is -2.23. The second kappa shape index (κ2) is 11.8. The van der Waals surface area contributed by atoms with E-state index in [0.29, 0.717) is 16.4 Å². The Balaban J connectivity index is 0.000000520. The van der Waals surface area contributed by atoms with Crippen molar-refractivity contribution < 1.29 is 4.79 Å². The van der Waals surface area contributed by atoms with Crippen LogP contribution in [0.4, 0.5) is 11.4 Å². The first-order valence-electron chi connectivity index (χ1n) is 10.3. The van der Waals surface area contributed by atoms with Crippen LogP contribution >= 0.6 is 12.2 Å². The van der Waals surface area contributed by atoms with E-state index >= 15 is 0 Å². The minimum absolute atomic E-state index is 0.0599. The molecule has 1 heterocycles. The van der Waals surface area contributed by atoms with Crippen LogP contribution in [0.2, 0.25) is 0 Å². The third-order valence-electron chi connectivity index (χ3n) is 4.56. The lowest BCUT2D eigenvalue weighted by atomic mass is 9.87. The van der Waals surface area contributed by atoms with E-state index in [9.17, 15) is 4.79 Å². The van der Waals surface area contributed by atoms with Gasteiger partial charge in [0.15, 0.2) is 5.11 Å². The van der Waals surface area contributed by atoms with Gasteiger partial charge < -0.3 is 16.0 Å². The summed E-state index contributed by atoms with van der Waals surface area (Å²) in [5, 5.41) is 9.28. The summed E-state index contributed by atoms with van der Waals surface area (Å²) in [5.74, 6) is -0.146. The molecule has 5 nitrogen and oxygen atoms in total. The van der Waals surface area contributed by atoms with Gasteiger partial charge in [-0.2, -0.15) is 0 Å². The zero-order valence-corrected chi connectivity index (χ0v) is 19.8. The van der Waals surface area contributed by atoms with Crippen molar-refractivity contribution in [3.8, 4) is 0 Å². The van der Waals surface area contributed by atoms with E-state index in [4.69, 9.17) is 12.2 Å². The van der Waals surface area contributed by atoms with E-state index in [1.807, 2.05) is 67.6 Å². The summed E-state index contributed by atoms with van der Waals surface area (Å²) >= 11 is 5.16. The summed E-state index contributed by atoms with van der Waals surface area (Å²) in [4.78, 5) is 16.3. The molecule has 0 unspecified atom stereocenters. The van der Waals surface area contributed by atoms with Gasteiger partial charge in [0.2, 0.25) is 0 Å². The molecule has 0 bridgehead atoms. The van der Waals surface area contributed by atoms with Crippen LogP contribution in [0, 0.1) is 6.92 Å². The lowest BCUT2D eigenvalue weighted by Gasteiger charge is -2.19. The fourth-order valence-electron chi connectivity index (χ4n) is 2.72. The van der Waals surface area contributed by atoms with Crippen LogP contribution in [0.1, 0.15) is 42.3 Å². The van der Waals surface area contributed by atoms with Crippen molar-refractivity contribution in [1.29, 1.82) is 0 Å². The number of hydrogen-bond acceptors (Lipinski definition) is 3. The van der Waals surface area contributed by atoms with Gasteiger partial charge in [0.1, 0.15) is 0 Å². The number of benzene rings is 2. The van der Waals surface area contributed by atoms with Gasteiger partial charge in [-0.3, -0.25) is 9.78 Å². The molecule has 3 aromatic rings. The Kier molecular flexibility index (Phi) is 9.10. The van der Waals surface area contributed by atoms with Crippen molar-refractivity contribution in [2.45, 2.75) is 33.1 Å². The van der Waals surface area contributed by atoms with Crippen LogP contribution in [0.5, 0.6) is 0 Å². The quantitative estimate of drug-likeness (QED) is 0.425. The number of nitrogens with one attached hydrogen (secondary N) is 3. The van der Waals surface area contributed by atoms with Crippen molar-refractivity contribution in [3.63, 3.8) is 0 Å². The number of anilines is 2. The van der Waals surface area contributed by atoms with Crippen LogP contribution in [0.25, 0.3) is 0 Å². The van der Waals surface area contributed by atoms with Crippen LogP contribution in [-0.2, 0) is 5.41 Å². The second-order valence-corrected chi connectivity index (χ2v) is 8.55. The van der Waals surface area contributed by atoms with Gasteiger partial charge in [-0.15, -0.1) is 0 Å². The first-order chi connectivity index (χ1) is 15.2. The number of aryl methyl sites for hydroxylation is 1. The maximum atomic E-state index is 12.5. The Morgan fingerprint density at radius 2 is 1.66 bits per heavy atom. The van der Waals surface area contributed by atoms with Crippen LogP contribution in [-0.4, -0.2) is 16.0 Å². The lowest BCUT2D eigenvalue weighted by molar-refractivity contribution is 0.102. The van der Waals surface area contributed by atoms with Gasteiger partial charge in [0.05, 0.1) is 0 Å². The second-order valence-electron chi connectivity index (χ2n) is 8.14. The Labute approximate surface area is 196 Å². The summed E-state index contributed by atoms with van der Waals surface area (Å²) in [7, 11) is 0. The number of thiocarbonyl (C=S) groups is 1. The fraction of sp³-hybridized carbons (Fsp3) is 0.192. The van der Waals surface area contributed by atoms with Gasteiger partial charge in [0.25, 0.3) is 5.91 Å². The molecule has 0 fully saturated rings. The van der Waals surface area contributed by atoms with E-state index in [-0.39, 0.29) is 11.3 Å². The van der Waals surface area contributed by atoms with Crippen molar-refractivity contribution in [2.24, 2.45) is 0 Å². The number of aromatic nitrogens is 1. The third kappa shape index (κ3) is 7.96. The molecule has 0 saturated carbocycles. The molecule has 166 valence electrons. The smallest absolute Gasteiger partial charge is 0.255 e. The number of rotatable bonds is 4. The molecule has 6 heteroatoms. The molecule has 1 aromatic heterocycles. The van der Waals surface area contributed by atoms with Crippen LogP contribution in [0.15, 0.2) is 85.8 Å². The molecule has 0 spiro atoms. The Hall–Kier alpha value is -3.51. The van der Waals surface area contributed by atoms with Crippen molar-refractivity contribution in [1.82, 2.24) is 10.3 Å². The standard InChI is InChI=1S/C21H25N3OS.C5H5N/c1-6-22-20(26)24-18-13-17(12-7-14(18)2)23-19(25)15-8-10-16(11-9-15)21(3,4)5;1-2-4-6-5-3-1/h6-13H,1H2,2-5H3,(H,23,25)(H2,22,24,26);1-5H. The van der Waals surface area contributed by atoms with Crippen molar-refractivity contribution in [2.75, 3.05) is 10.6 Å². The SMILES string of the molecule is C=CNC(=S)Nc1cc(NC(=O)c2ccc(C(C)(C)C)cc2)ccc1C.c1ccncc1. The maximum Gasteiger partial charge on any atom is 0.255 e. The Morgan fingerprint density at radius 3 is 2.16 bits per heavy atom. The topological polar surface area (TPSA) is 66.0 Å². The Morgan fingerprint density at radius 1 is 1.00 bits per heavy atom. The highest BCUT2D eigenvalue weighted by atomic mass is 32.1. The fourth-order valence-corrected chi connectivity index (χ4v) is 2.92. The largest absolute Gasteiger partial charge is 0.340 e. The van der Waals surface area contributed by atoms with Crippen LogP contribution < -0.4 is 16.0 Å². The molecular formula is C26H30N4OS. The monoisotopic (exact) mass is 446 g/mol. The van der Waals surface area contributed by atoms with Gasteiger partial charge in [0, 0.05) is 29.3 Å². The molecule has 0 radical (unpaired) electrons. The minimum atomic E-state index is -0.146. The molecule has 1 amide bonds. The molecule has 0 aliphatic rings. The molecule has 3 N–H and O–H groups in total. The average molecular weight is 447 g/mol. The molecule has 2 aromatic carbocycles. The number of nitrogens with zero attached hydrogens (tertiary/aromatic N) is 1. The van der Waals surface area contributed by atoms with E-state index in [1.165, 1.54) is 11.8 Å². The molecule has 0 aliphatic heterocycles. The zero-order chi connectivity index (χ0) is 23.6. The summed E-state index contributed by atoms with van der Waals surface area (Å²) in [6.45, 7) is 12.0. The number of carbonyl (C=O) groups excluding carboxylic acids is 1. The number of pyridine rings is 1. The number of amides is 1. The summed E-state index contributed by atoms with van der Waals surface area (Å²) < 4.78 is 0. The summed E-state index contributed by atoms with van der Waals surface area (Å²) in [6, 6.07) is 19.1. The van der Waals surface area contributed by atoms with Crippen molar-refractivity contribution >= 4 is 34.6 Å². The highest BCUT2D eigenvalue weighted by molar-refractivity contribution is 7.80. The van der Waals surface area contributed by atoms with E-state index in [1.54, 1.807) is 12.4 Å². The van der Waals surface area contributed by atoms with Gasteiger partial charge in [-0.05, 0) is 78.3 Å². The van der Waals surface area contributed by atoms with E-state index < -0.39 is 0 Å². The zero-order valence-electron chi connectivity index (χ0n) is 19.0. The normalized spacial score (nSPS) is 10.2. The average Bonchev–Trinajstić information content (AvgIpc) is 2.77. The van der Waals surface area contributed by atoms with Crippen LogP contribution in [0.3, 0.4) is 0 Å². The highest BCUT2D eigenvalue weighted by Gasteiger charge is 2.14. The third-order valence-corrected chi connectivity index (χ3v) is 4.78. The first kappa shape index (κ1) is 24.8. The first-order valence-corrected chi connectivity index (χ1v) is 10.7. The van der Waals surface area contributed by atoms with E-state index in [2.05, 4.69) is 48.3 Å². The summed E-state index contributed by atoms with van der Waals surface area (Å²) in [5.41, 5.74) is 4.42. The predicted molar refractivity (Wildman–Crippen MR) is 138 cm³/mol.